The van der Waals surface area contributed by atoms with Gasteiger partial charge in [-0.15, -0.1) is 0 Å². The third kappa shape index (κ3) is 4.28. The topological polar surface area (TPSA) is 109 Å². The van der Waals surface area contributed by atoms with Gasteiger partial charge >= 0.3 is 0 Å². The fourth-order valence-electron chi connectivity index (χ4n) is 4.46. The molecule has 4 rings (SSSR count). The molecule has 0 saturated heterocycles. The third-order valence-electron chi connectivity index (χ3n) is 6.21. The van der Waals surface area contributed by atoms with E-state index in [0.717, 1.165) is 11.3 Å². The van der Waals surface area contributed by atoms with E-state index in [4.69, 9.17) is 24.7 Å². The third-order valence-corrected chi connectivity index (χ3v) is 6.21. The first kappa shape index (κ1) is 23.8. The van der Waals surface area contributed by atoms with Crippen molar-refractivity contribution in [3.05, 3.63) is 92.7 Å². The fraction of sp³-hybridized carbons (Fsp3) is 0.259. The summed E-state index contributed by atoms with van der Waals surface area (Å²) >= 11 is 0. The van der Waals surface area contributed by atoms with Crippen molar-refractivity contribution in [3.63, 3.8) is 0 Å². The van der Waals surface area contributed by atoms with Gasteiger partial charge in [-0.25, -0.2) is 0 Å². The first-order valence-electron chi connectivity index (χ1n) is 11.1. The van der Waals surface area contributed by atoms with Crippen LogP contribution in [0.25, 0.3) is 0 Å². The van der Waals surface area contributed by atoms with Crippen LogP contribution in [0.1, 0.15) is 28.3 Å². The molecule has 1 aromatic heterocycles. The maximum Gasteiger partial charge on any atom is 0.258 e. The van der Waals surface area contributed by atoms with E-state index in [-0.39, 0.29) is 17.0 Å². The molecule has 180 valence electrons. The van der Waals surface area contributed by atoms with Crippen molar-refractivity contribution >= 4 is 0 Å². The largest absolute Gasteiger partial charge is 0.496 e. The number of pyridine rings is 1. The summed E-state index contributed by atoms with van der Waals surface area (Å²) in [7, 11) is 4.73. The van der Waals surface area contributed by atoms with Gasteiger partial charge < -0.3 is 29.2 Å². The van der Waals surface area contributed by atoms with Crippen LogP contribution in [0.3, 0.4) is 0 Å². The zero-order valence-corrected chi connectivity index (χ0v) is 20.1. The Labute approximate surface area is 203 Å². The molecular formula is C27H27N3O5. The molecular weight excluding hydrogens is 446 g/mol. The molecule has 35 heavy (non-hydrogen) atoms. The number of para-hydroxylation sites is 1. The van der Waals surface area contributed by atoms with Crippen molar-refractivity contribution in [3.8, 4) is 29.1 Å². The molecule has 1 atom stereocenters. The minimum absolute atomic E-state index is 0.0159. The number of benzene rings is 2. The molecule has 2 N–H and O–H groups in total. The minimum Gasteiger partial charge on any atom is -0.496 e. The van der Waals surface area contributed by atoms with Crippen molar-refractivity contribution in [2.24, 2.45) is 5.73 Å². The zero-order chi connectivity index (χ0) is 25.1. The van der Waals surface area contributed by atoms with Crippen LogP contribution in [0, 0.1) is 18.3 Å². The molecule has 8 heteroatoms. The van der Waals surface area contributed by atoms with E-state index in [0.29, 0.717) is 47.1 Å². The predicted molar refractivity (Wildman–Crippen MR) is 131 cm³/mol. The lowest BCUT2D eigenvalue weighted by molar-refractivity contribution is 0.354. The lowest BCUT2D eigenvalue weighted by atomic mass is 9.83. The highest BCUT2D eigenvalue weighted by Gasteiger charge is 2.35. The van der Waals surface area contributed by atoms with Crippen molar-refractivity contribution in [2.45, 2.75) is 25.8 Å². The number of nitrogens with zero attached hydrogens (tertiary/aromatic N) is 2. The second-order valence-corrected chi connectivity index (χ2v) is 8.13. The summed E-state index contributed by atoms with van der Waals surface area (Å²) in [6, 6.07) is 16.9. The minimum atomic E-state index is -0.708. The number of hydrogen-bond donors (Lipinski definition) is 1. The van der Waals surface area contributed by atoms with Crippen LogP contribution in [0.4, 0.5) is 0 Å². The number of aromatic nitrogens is 1. The van der Waals surface area contributed by atoms with Crippen molar-refractivity contribution in [2.75, 3.05) is 21.3 Å². The highest BCUT2D eigenvalue weighted by Crippen LogP contribution is 2.43. The van der Waals surface area contributed by atoms with Crippen LogP contribution in [0.2, 0.25) is 0 Å². The van der Waals surface area contributed by atoms with Gasteiger partial charge in [0.2, 0.25) is 5.88 Å². The maximum absolute atomic E-state index is 13.9. The van der Waals surface area contributed by atoms with Crippen LogP contribution in [0.15, 0.2) is 64.8 Å². The fourth-order valence-corrected chi connectivity index (χ4v) is 4.46. The number of allylic oxidation sites excluding steroid dienone is 1. The number of methoxy groups -OCH3 is 3. The molecule has 0 amide bonds. The number of nitriles is 1. The lowest BCUT2D eigenvalue weighted by Crippen LogP contribution is -2.33. The second kappa shape index (κ2) is 9.85. The highest BCUT2D eigenvalue weighted by atomic mass is 16.5. The Hall–Kier alpha value is -4.38. The summed E-state index contributed by atoms with van der Waals surface area (Å²) in [5.41, 5.74) is 8.79. The van der Waals surface area contributed by atoms with Gasteiger partial charge in [0.25, 0.3) is 5.56 Å². The number of nitrogens with two attached hydrogens (primary N) is 1. The molecule has 1 aliphatic rings. The van der Waals surface area contributed by atoms with Gasteiger partial charge in [0.15, 0.2) is 11.5 Å². The van der Waals surface area contributed by atoms with Gasteiger partial charge in [0.1, 0.15) is 23.1 Å². The summed E-state index contributed by atoms with van der Waals surface area (Å²) in [4.78, 5) is 13.9. The van der Waals surface area contributed by atoms with Gasteiger partial charge in [0.05, 0.1) is 32.8 Å². The van der Waals surface area contributed by atoms with Crippen LogP contribution in [-0.4, -0.2) is 25.9 Å². The number of ether oxygens (including phenoxy) is 4. The first-order chi connectivity index (χ1) is 16.9. The van der Waals surface area contributed by atoms with Crippen LogP contribution in [0.5, 0.6) is 23.0 Å². The molecule has 0 saturated carbocycles. The molecule has 0 unspecified atom stereocenters. The SMILES string of the molecule is COc1ccc(CCn2c(C)cc3c(c2=O)[C@H](c2ccccc2OC)C(C#N)=C(N)O3)cc1OC. The Morgan fingerprint density at radius 2 is 1.74 bits per heavy atom. The van der Waals surface area contributed by atoms with E-state index in [1.165, 1.54) is 0 Å². The molecule has 1 aliphatic heterocycles. The normalized spacial score (nSPS) is 14.5. The number of aryl methyl sites for hydroxylation is 2. The van der Waals surface area contributed by atoms with Crippen LogP contribution >= 0.6 is 0 Å². The number of hydrogen-bond acceptors (Lipinski definition) is 7. The Kier molecular flexibility index (Phi) is 6.69. The average Bonchev–Trinajstić information content (AvgIpc) is 2.87. The molecule has 0 aliphatic carbocycles. The summed E-state index contributed by atoms with van der Waals surface area (Å²) < 4.78 is 23.7. The summed E-state index contributed by atoms with van der Waals surface area (Å²) in [6.07, 6.45) is 0.586. The number of fused-ring (bicyclic) bond motifs is 1. The maximum atomic E-state index is 13.9. The van der Waals surface area contributed by atoms with Crippen molar-refractivity contribution in [1.82, 2.24) is 4.57 Å². The smallest absolute Gasteiger partial charge is 0.258 e. The van der Waals surface area contributed by atoms with E-state index in [1.54, 1.807) is 38.0 Å². The van der Waals surface area contributed by atoms with Crippen molar-refractivity contribution in [1.29, 1.82) is 5.26 Å². The molecule has 0 bridgehead atoms. The van der Waals surface area contributed by atoms with Gasteiger partial charge in [0, 0.05) is 23.9 Å². The van der Waals surface area contributed by atoms with E-state index < -0.39 is 5.92 Å². The molecule has 2 aromatic carbocycles. The van der Waals surface area contributed by atoms with Crippen LogP contribution < -0.4 is 30.2 Å². The van der Waals surface area contributed by atoms with Crippen molar-refractivity contribution < 1.29 is 18.9 Å². The van der Waals surface area contributed by atoms with E-state index in [1.807, 2.05) is 43.3 Å². The average molecular weight is 474 g/mol. The molecule has 0 fully saturated rings. The first-order valence-corrected chi connectivity index (χ1v) is 11.1. The predicted octanol–water partition coefficient (Wildman–Crippen LogP) is 3.64. The summed E-state index contributed by atoms with van der Waals surface area (Å²) in [6.45, 7) is 2.27. The van der Waals surface area contributed by atoms with E-state index in [9.17, 15) is 10.1 Å². The Balaban J connectivity index is 1.80. The zero-order valence-electron chi connectivity index (χ0n) is 20.1. The standard InChI is InChI=1S/C27H27N3O5/c1-16-13-23-25(24(19(15-28)26(29)35-23)18-7-5-6-8-20(18)32-2)27(31)30(16)12-11-17-9-10-21(33-3)22(14-17)34-4/h5-10,13-14,24H,11-12,29H2,1-4H3/t24-/m1/s1. The molecule has 8 nitrogen and oxygen atoms in total. The van der Waals surface area contributed by atoms with Gasteiger partial charge in [-0.05, 0) is 37.1 Å². The summed E-state index contributed by atoms with van der Waals surface area (Å²) in [5, 5.41) is 9.90. The quantitative estimate of drug-likeness (QED) is 0.558. The molecule has 0 radical (unpaired) electrons. The Bertz CT molecular complexity index is 1400. The molecule has 2 heterocycles. The number of rotatable bonds is 7. The van der Waals surface area contributed by atoms with Gasteiger partial charge in [-0.1, -0.05) is 24.3 Å². The lowest BCUT2D eigenvalue weighted by Gasteiger charge is -2.28. The van der Waals surface area contributed by atoms with E-state index in [2.05, 4.69) is 6.07 Å². The summed E-state index contributed by atoms with van der Waals surface area (Å²) in [5.74, 6) is 1.45. The van der Waals surface area contributed by atoms with Crippen LogP contribution in [-0.2, 0) is 13.0 Å². The second-order valence-electron chi connectivity index (χ2n) is 8.13. The van der Waals surface area contributed by atoms with E-state index >= 15 is 0 Å². The molecule has 0 spiro atoms. The van der Waals surface area contributed by atoms with Gasteiger partial charge in [-0.2, -0.15) is 5.26 Å². The Morgan fingerprint density at radius 1 is 1.03 bits per heavy atom. The Morgan fingerprint density at radius 3 is 2.43 bits per heavy atom. The molecule has 3 aromatic rings. The monoisotopic (exact) mass is 473 g/mol. The van der Waals surface area contributed by atoms with Gasteiger partial charge in [-0.3, -0.25) is 4.79 Å². The highest BCUT2D eigenvalue weighted by molar-refractivity contribution is 5.58.